The van der Waals surface area contributed by atoms with Crippen molar-refractivity contribution in [2.24, 2.45) is 5.92 Å². The van der Waals surface area contributed by atoms with Crippen LogP contribution in [-0.2, 0) is 6.54 Å². The first-order chi connectivity index (χ1) is 9.22. The molecule has 0 radical (unpaired) electrons. The first-order valence-corrected chi connectivity index (χ1v) is 7.00. The largest absolute Gasteiger partial charge is 0.478 e. The van der Waals surface area contributed by atoms with Gasteiger partial charge < -0.3 is 15.3 Å². The second kappa shape index (κ2) is 5.31. The molecule has 0 saturated carbocycles. The summed E-state index contributed by atoms with van der Waals surface area (Å²) < 4.78 is 0. The quantitative estimate of drug-likeness (QED) is 0.863. The molecule has 3 fully saturated rings. The van der Waals surface area contributed by atoms with Gasteiger partial charge in [0.15, 0.2) is 0 Å². The second-order valence-corrected chi connectivity index (χ2v) is 5.63. The Labute approximate surface area is 113 Å². The average molecular weight is 260 g/mol. The fraction of sp³-hybridized carbons (Fsp3) is 0.533. The van der Waals surface area contributed by atoms with Gasteiger partial charge in [-0.05, 0) is 49.5 Å². The fourth-order valence-electron chi connectivity index (χ4n) is 3.26. The molecular formula is C15H20N2O2. The summed E-state index contributed by atoms with van der Waals surface area (Å²) in [7, 11) is 0. The first-order valence-electron chi connectivity index (χ1n) is 7.00. The Morgan fingerprint density at radius 2 is 2.16 bits per heavy atom. The molecule has 3 saturated heterocycles. The van der Waals surface area contributed by atoms with E-state index in [1.54, 1.807) is 12.1 Å². The van der Waals surface area contributed by atoms with Crippen LogP contribution in [-0.4, -0.2) is 41.7 Å². The molecule has 4 rings (SSSR count). The maximum absolute atomic E-state index is 10.9. The van der Waals surface area contributed by atoms with E-state index in [1.165, 1.54) is 25.9 Å². The van der Waals surface area contributed by atoms with Crippen molar-refractivity contribution in [2.45, 2.75) is 25.4 Å². The lowest BCUT2D eigenvalue weighted by Gasteiger charge is -2.45. The van der Waals surface area contributed by atoms with Gasteiger partial charge in [0.1, 0.15) is 0 Å². The van der Waals surface area contributed by atoms with Crippen molar-refractivity contribution in [2.75, 3.05) is 19.6 Å². The molecule has 0 aliphatic carbocycles. The van der Waals surface area contributed by atoms with Gasteiger partial charge in [-0.25, -0.2) is 4.79 Å². The fourth-order valence-corrected chi connectivity index (χ4v) is 3.26. The predicted molar refractivity (Wildman–Crippen MR) is 73.2 cm³/mol. The summed E-state index contributed by atoms with van der Waals surface area (Å²) in [5, 5.41) is 12.6. The van der Waals surface area contributed by atoms with Gasteiger partial charge >= 0.3 is 5.97 Å². The number of nitrogens with zero attached hydrogens (tertiary/aromatic N) is 1. The van der Waals surface area contributed by atoms with Crippen molar-refractivity contribution in [1.29, 1.82) is 0 Å². The SMILES string of the molecule is O=C(O)c1cccc(CNC2CN3CCC2CC3)c1. The van der Waals surface area contributed by atoms with E-state index in [2.05, 4.69) is 10.2 Å². The Balaban J connectivity index is 1.60. The van der Waals surface area contributed by atoms with Crippen LogP contribution in [0.5, 0.6) is 0 Å². The molecule has 3 aliphatic heterocycles. The standard InChI is InChI=1S/C15H20N2O2/c18-15(19)13-3-1-2-11(8-13)9-16-14-10-17-6-4-12(14)5-7-17/h1-3,8,12,14,16H,4-7,9-10H2,(H,18,19). The molecule has 0 amide bonds. The van der Waals surface area contributed by atoms with Crippen LogP contribution in [0.15, 0.2) is 24.3 Å². The van der Waals surface area contributed by atoms with Crippen LogP contribution in [0.3, 0.4) is 0 Å². The Bertz CT molecular complexity index is 467. The van der Waals surface area contributed by atoms with Gasteiger partial charge in [0.2, 0.25) is 0 Å². The third kappa shape index (κ3) is 2.80. The molecule has 2 bridgehead atoms. The van der Waals surface area contributed by atoms with Gasteiger partial charge in [-0.2, -0.15) is 0 Å². The summed E-state index contributed by atoms with van der Waals surface area (Å²) in [5.74, 6) is -0.0580. The van der Waals surface area contributed by atoms with Crippen LogP contribution < -0.4 is 5.32 Å². The molecule has 4 heteroatoms. The molecule has 0 spiro atoms. The zero-order valence-electron chi connectivity index (χ0n) is 11.0. The van der Waals surface area contributed by atoms with E-state index >= 15 is 0 Å². The van der Waals surface area contributed by atoms with Crippen LogP contribution in [0.4, 0.5) is 0 Å². The van der Waals surface area contributed by atoms with E-state index in [9.17, 15) is 4.79 Å². The number of piperidine rings is 3. The number of carboxylic acid groups (broad SMARTS) is 1. The number of rotatable bonds is 4. The topological polar surface area (TPSA) is 52.6 Å². The lowest BCUT2D eigenvalue weighted by atomic mass is 9.84. The zero-order chi connectivity index (χ0) is 13.2. The molecule has 0 aromatic heterocycles. The van der Waals surface area contributed by atoms with Gasteiger partial charge in [-0.1, -0.05) is 12.1 Å². The lowest BCUT2D eigenvalue weighted by Crippen LogP contribution is -2.55. The lowest BCUT2D eigenvalue weighted by molar-refractivity contribution is 0.0696. The van der Waals surface area contributed by atoms with Crippen molar-refractivity contribution in [3.63, 3.8) is 0 Å². The third-order valence-electron chi connectivity index (χ3n) is 4.40. The van der Waals surface area contributed by atoms with Crippen LogP contribution in [0, 0.1) is 5.92 Å². The van der Waals surface area contributed by atoms with E-state index in [0.29, 0.717) is 11.6 Å². The van der Waals surface area contributed by atoms with Gasteiger partial charge in [0.25, 0.3) is 0 Å². The van der Waals surface area contributed by atoms with Gasteiger partial charge in [-0.15, -0.1) is 0 Å². The number of carboxylic acids is 1. The molecule has 3 heterocycles. The van der Waals surface area contributed by atoms with Crippen LogP contribution >= 0.6 is 0 Å². The normalized spacial score (nSPS) is 29.4. The van der Waals surface area contributed by atoms with Crippen molar-refractivity contribution >= 4 is 5.97 Å². The average Bonchev–Trinajstić information content (AvgIpc) is 2.47. The molecule has 1 aromatic rings. The summed E-state index contributed by atoms with van der Waals surface area (Å²) in [5.41, 5.74) is 1.42. The molecule has 4 nitrogen and oxygen atoms in total. The van der Waals surface area contributed by atoms with Crippen LogP contribution in [0.1, 0.15) is 28.8 Å². The Morgan fingerprint density at radius 1 is 1.37 bits per heavy atom. The van der Waals surface area contributed by atoms with Crippen molar-refractivity contribution in [1.82, 2.24) is 10.2 Å². The van der Waals surface area contributed by atoms with Gasteiger partial charge in [0, 0.05) is 19.1 Å². The minimum absolute atomic E-state index is 0.369. The van der Waals surface area contributed by atoms with E-state index in [-0.39, 0.29) is 0 Å². The summed E-state index contributed by atoms with van der Waals surface area (Å²) in [6, 6.07) is 7.77. The number of carbonyl (C=O) groups is 1. The Morgan fingerprint density at radius 3 is 2.79 bits per heavy atom. The second-order valence-electron chi connectivity index (χ2n) is 5.63. The number of hydrogen-bond donors (Lipinski definition) is 2. The highest BCUT2D eigenvalue weighted by Gasteiger charge is 2.33. The zero-order valence-corrected chi connectivity index (χ0v) is 11.0. The van der Waals surface area contributed by atoms with Crippen molar-refractivity contribution in [3.8, 4) is 0 Å². The van der Waals surface area contributed by atoms with E-state index in [1.807, 2.05) is 12.1 Å². The molecule has 1 aromatic carbocycles. The number of nitrogens with one attached hydrogen (secondary N) is 1. The number of hydrogen-bond acceptors (Lipinski definition) is 3. The summed E-state index contributed by atoms with van der Waals surface area (Å²) in [6.45, 7) is 4.40. The van der Waals surface area contributed by atoms with E-state index in [0.717, 1.165) is 24.6 Å². The monoisotopic (exact) mass is 260 g/mol. The number of aromatic carboxylic acids is 1. The summed E-state index contributed by atoms with van der Waals surface area (Å²) in [4.78, 5) is 13.5. The van der Waals surface area contributed by atoms with Gasteiger partial charge in [-0.3, -0.25) is 0 Å². The van der Waals surface area contributed by atoms with Crippen LogP contribution in [0.25, 0.3) is 0 Å². The van der Waals surface area contributed by atoms with E-state index in [4.69, 9.17) is 5.11 Å². The molecule has 102 valence electrons. The van der Waals surface area contributed by atoms with Crippen molar-refractivity contribution < 1.29 is 9.90 Å². The molecule has 1 unspecified atom stereocenters. The maximum Gasteiger partial charge on any atom is 0.335 e. The predicted octanol–water partition coefficient (Wildman–Crippen LogP) is 1.57. The van der Waals surface area contributed by atoms with Gasteiger partial charge in [0.05, 0.1) is 5.56 Å². The smallest absolute Gasteiger partial charge is 0.335 e. The molecular weight excluding hydrogens is 240 g/mol. The highest BCUT2D eigenvalue weighted by atomic mass is 16.4. The number of fused-ring (bicyclic) bond motifs is 3. The Kier molecular flexibility index (Phi) is 3.53. The third-order valence-corrected chi connectivity index (χ3v) is 4.40. The highest BCUT2D eigenvalue weighted by Crippen LogP contribution is 2.27. The minimum Gasteiger partial charge on any atom is -0.478 e. The Hall–Kier alpha value is -1.39. The molecule has 1 atom stereocenters. The maximum atomic E-state index is 10.9. The number of benzene rings is 1. The minimum atomic E-state index is -0.857. The van der Waals surface area contributed by atoms with Crippen molar-refractivity contribution in [3.05, 3.63) is 35.4 Å². The summed E-state index contributed by atoms with van der Waals surface area (Å²) in [6.07, 6.45) is 2.60. The van der Waals surface area contributed by atoms with E-state index < -0.39 is 5.97 Å². The first kappa shape index (κ1) is 12.6. The molecule has 19 heavy (non-hydrogen) atoms. The summed E-state index contributed by atoms with van der Waals surface area (Å²) >= 11 is 0. The van der Waals surface area contributed by atoms with Crippen LogP contribution in [0.2, 0.25) is 0 Å². The molecule has 2 N–H and O–H groups in total. The molecule has 3 aliphatic rings. The highest BCUT2D eigenvalue weighted by molar-refractivity contribution is 5.87.